The summed E-state index contributed by atoms with van der Waals surface area (Å²) >= 11 is 0. The number of hydrogen-bond acceptors (Lipinski definition) is 3. The minimum absolute atomic E-state index is 0. The van der Waals surface area contributed by atoms with Gasteiger partial charge >= 0.3 is 0 Å². The zero-order valence-electron chi connectivity index (χ0n) is 8.81. The van der Waals surface area contributed by atoms with E-state index in [-0.39, 0.29) is 12.8 Å². The van der Waals surface area contributed by atoms with Crippen molar-refractivity contribution in [3.63, 3.8) is 0 Å². The lowest BCUT2D eigenvalue weighted by atomic mass is 10.4. The van der Waals surface area contributed by atoms with Gasteiger partial charge in [0.05, 0.1) is 0 Å². The van der Waals surface area contributed by atoms with Crippen LogP contribution in [0.4, 0.5) is 0 Å². The molecule has 78 valence electrons. The Labute approximate surface area is 77.0 Å². The van der Waals surface area contributed by atoms with Gasteiger partial charge in [-0.25, -0.2) is 0 Å². The fourth-order valence-electron chi connectivity index (χ4n) is 0.289. The summed E-state index contributed by atoms with van der Waals surface area (Å²) in [6, 6.07) is 0. The van der Waals surface area contributed by atoms with Crippen LogP contribution in [0.2, 0.25) is 0 Å². The summed E-state index contributed by atoms with van der Waals surface area (Å²) in [5.74, 6) is 0. The molecule has 0 atom stereocenters. The topological polar surface area (TPSA) is 64.5 Å². The van der Waals surface area contributed by atoms with Crippen LogP contribution >= 0.6 is 0 Å². The molecule has 0 aliphatic heterocycles. The Morgan fingerprint density at radius 2 is 1.58 bits per heavy atom. The number of aliphatic hydroxyl groups excluding tert-OH is 1. The molecule has 0 fully saturated rings. The lowest BCUT2D eigenvalue weighted by molar-refractivity contribution is 0.194. The third-order valence-electron chi connectivity index (χ3n) is 0.702. The highest BCUT2D eigenvalue weighted by atomic mass is 16.5. The van der Waals surface area contributed by atoms with Crippen LogP contribution in [-0.4, -0.2) is 25.4 Å². The Morgan fingerprint density at radius 1 is 1.25 bits per heavy atom. The second-order valence-corrected chi connectivity index (χ2v) is 1.66. The van der Waals surface area contributed by atoms with Gasteiger partial charge in [-0.3, -0.25) is 0 Å². The van der Waals surface area contributed by atoms with Crippen molar-refractivity contribution in [2.75, 3.05) is 20.3 Å². The van der Waals surface area contributed by atoms with Crippen molar-refractivity contribution in [1.82, 2.24) is 6.15 Å². The standard InChI is InChI=1S/C5H12O.C2H6O.C2H4.H3N/c1-3-4-5-6-2;1-2-3;1-2;/h3-5H2,1-2H3;3H,2H2,1H3;1-2H2;1H3. The zero-order chi connectivity index (χ0) is 9.54. The Hall–Kier alpha value is -0.380. The smallest absolute Gasteiger partial charge is 0.0462 e. The van der Waals surface area contributed by atoms with Crippen LogP contribution in [0.3, 0.4) is 0 Å². The van der Waals surface area contributed by atoms with E-state index >= 15 is 0 Å². The minimum atomic E-state index is 0. The van der Waals surface area contributed by atoms with Crippen LogP contribution in [0.5, 0.6) is 0 Å². The fraction of sp³-hybridized carbons (Fsp3) is 0.778. The van der Waals surface area contributed by atoms with Gasteiger partial charge in [-0.2, -0.15) is 0 Å². The first-order chi connectivity index (χ1) is 5.33. The van der Waals surface area contributed by atoms with Crippen LogP contribution in [0.1, 0.15) is 26.7 Å². The van der Waals surface area contributed by atoms with Crippen molar-refractivity contribution in [3.8, 4) is 0 Å². The number of hydrogen-bond donors (Lipinski definition) is 2. The molecule has 0 aliphatic carbocycles. The van der Waals surface area contributed by atoms with E-state index in [1.54, 1.807) is 14.0 Å². The maximum Gasteiger partial charge on any atom is 0.0462 e. The van der Waals surface area contributed by atoms with Gasteiger partial charge in [0.15, 0.2) is 0 Å². The molecule has 0 aromatic rings. The number of aliphatic hydroxyl groups is 1. The number of ether oxygens (including phenoxy) is 1. The van der Waals surface area contributed by atoms with Crippen LogP contribution in [0.15, 0.2) is 13.2 Å². The molecule has 0 aromatic carbocycles. The first-order valence-corrected chi connectivity index (χ1v) is 3.93. The van der Waals surface area contributed by atoms with Crippen LogP contribution in [0, 0.1) is 0 Å². The average molecular weight is 179 g/mol. The van der Waals surface area contributed by atoms with Crippen molar-refractivity contribution >= 4 is 0 Å². The van der Waals surface area contributed by atoms with Gasteiger partial charge in [0.1, 0.15) is 0 Å². The SMILES string of the molecule is C=C.CCCCOC.CCO.N. The highest BCUT2D eigenvalue weighted by molar-refractivity contribution is 4.26. The third-order valence-corrected chi connectivity index (χ3v) is 0.702. The normalized spacial score (nSPS) is 6.33. The molecule has 0 heterocycles. The van der Waals surface area contributed by atoms with E-state index in [4.69, 9.17) is 9.84 Å². The summed E-state index contributed by atoms with van der Waals surface area (Å²) in [6.45, 7) is 11.0. The lowest BCUT2D eigenvalue weighted by Gasteiger charge is -1.89. The maximum absolute atomic E-state index is 7.57. The van der Waals surface area contributed by atoms with E-state index in [2.05, 4.69) is 20.1 Å². The van der Waals surface area contributed by atoms with E-state index in [1.807, 2.05) is 0 Å². The van der Waals surface area contributed by atoms with Gasteiger partial charge in [0, 0.05) is 20.3 Å². The van der Waals surface area contributed by atoms with Crippen LogP contribution < -0.4 is 6.15 Å². The molecule has 3 heteroatoms. The van der Waals surface area contributed by atoms with Gasteiger partial charge in [-0.05, 0) is 13.3 Å². The van der Waals surface area contributed by atoms with Crippen LogP contribution in [-0.2, 0) is 4.74 Å². The lowest BCUT2D eigenvalue weighted by Crippen LogP contribution is -1.84. The molecular weight excluding hydrogens is 154 g/mol. The molecule has 0 aliphatic rings. The van der Waals surface area contributed by atoms with Gasteiger partial charge in [-0.15, -0.1) is 13.2 Å². The Balaban J connectivity index is -0.0000000462. The predicted molar refractivity (Wildman–Crippen MR) is 55.8 cm³/mol. The quantitative estimate of drug-likeness (QED) is 0.516. The second kappa shape index (κ2) is 46.0. The van der Waals surface area contributed by atoms with Crippen LogP contribution in [0.25, 0.3) is 0 Å². The summed E-state index contributed by atoms with van der Waals surface area (Å²) < 4.78 is 4.78. The van der Waals surface area contributed by atoms with E-state index < -0.39 is 0 Å². The average Bonchev–Trinajstić information content (AvgIpc) is 2.06. The Bertz CT molecular complexity index is 39.5. The van der Waals surface area contributed by atoms with E-state index in [0.29, 0.717) is 0 Å². The summed E-state index contributed by atoms with van der Waals surface area (Å²) in [7, 11) is 1.73. The van der Waals surface area contributed by atoms with E-state index in [0.717, 1.165) is 6.61 Å². The van der Waals surface area contributed by atoms with E-state index in [9.17, 15) is 0 Å². The predicted octanol–water partition coefficient (Wildman–Crippen LogP) is 2.40. The fourth-order valence-corrected chi connectivity index (χ4v) is 0.289. The summed E-state index contributed by atoms with van der Waals surface area (Å²) in [6.07, 6.45) is 2.42. The van der Waals surface area contributed by atoms with Gasteiger partial charge in [-0.1, -0.05) is 13.3 Å². The Kier molecular flexibility index (Phi) is 86.6. The van der Waals surface area contributed by atoms with Crippen molar-refractivity contribution in [2.45, 2.75) is 26.7 Å². The molecule has 0 unspecified atom stereocenters. The monoisotopic (exact) mass is 179 g/mol. The molecule has 0 rings (SSSR count). The molecule has 0 bridgehead atoms. The number of methoxy groups -OCH3 is 1. The second-order valence-electron chi connectivity index (χ2n) is 1.66. The first-order valence-electron chi connectivity index (χ1n) is 3.93. The van der Waals surface area contributed by atoms with Crippen molar-refractivity contribution in [3.05, 3.63) is 13.2 Å². The largest absolute Gasteiger partial charge is 0.397 e. The van der Waals surface area contributed by atoms with Crippen molar-refractivity contribution in [1.29, 1.82) is 0 Å². The van der Waals surface area contributed by atoms with Crippen molar-refractivity contribution in [2.24, 2.45) is 0 Å². The molecular formula is C9H25NO2. The molecule has 0 amide bonds. The van der Waals surface area contributed by atoms with E-state index in [1.165, 1.54) is 12.8 Å². The minimum Gasteiger partial charge on any atom is -0.397 e. The molecule has 0 saturated heterocycles. The highest BCUT2D eigenvalue weighted by Crippen LogP contribution is 1.83. The molecule has 3 nitrogen and oxygen atoms in total. The summed E-state index contributed by atoms with van der Waals surface area (Å²) in [4.78, 5) is 0. The molecule has 0 spiro atoms. The molecule has 0 saturated carbocycles. The van der Waals surface area contributed by atoms with Gasteiger partial charge in [0.25, 0.3) is 0 Å². The molecule has 0 radical (unpaired) electrons. The summed E-state index contributed by atoms with van der Waals surface area (Å²) in [5.41, 5.74) is 0. The van der Waals surface area contributed by atoms with Gasteiger partial charge < -0.3 is 16.0 Å². The molecule has 12 heavy (non-hydrogen) atoms. The maximum atomic E-state index is 7.57. The number of unbranched alkanes of at least 4 members (excludes halogenated alkanes) is 1. The third kappa shape index (κ3) is 104. The Morgan fingerprint density at radius 3 is 1.67 bits per heavy atom. The summed E-state index contributed by atoms with van der Waals surface area (Å²) in [5, 5.41) is 7.57. The molecule has 4 N–H and O–H groups in total. The first kappa shape index (κ1) is 22.6. The number of rotatable bonds is 3. The zero-order valence-corrected chi connectivity index (χ0v) is 8.81. The van der Waals surface area contributed by atoms with Crippen molar-refractivity contribution < 1.29 is 9.84 Å². The molecule has 0 aromatic heterocycles. The van der Waals surface area contributed by atoms with Gasteiger partial charge in [0.2, 0.25) is 0 Å². The highest BCUT2D eigenvalue weighted by Gasteiger charge is 1.74.